The van der Waals surface area contributed by atoms with Crippen molar-refractivity contribution in [3.63, 3.8) is 0 Å². The molecule has 0 aliphatic carbocycles. The number of rotatable bonds is 13. The zero-order valence-electron chi connectivity index (χ0n) is 18.8. The predicted molar refractivity (Wildman–Crippen MR) is 134 cm³/mol. The van der Waals surface area contributed by atoms with E-state index in [1.54, 1.807) is 0 Å². The number of halogens is 1. The molecule has 0 saturated carbocycles. The number of ether oxygens (including phenoxy) is 1. The molecule has 0 atom stereocenters. The number of likely N-dealkylation sites (N-methyl/N-ethyl adjacent to an activating group) is 1. The van der Waals surface area contributed by atoms with Crippen LogP contribution in [-0.2, 0) is 11.3 Å². The maximum Gasteiger partial charge on any atom is 0.257 e. The highest BCUT2D eigenvalue weighted by molar-refractivity contribution is 14.0. The summed E-state index contributed by atoms with van der Waals surface area (Å²) in [6, 6.07) is 7.57. The lowest BCUT2D eigenvalue weighted by atomic mass is 9.93. The van der Waals surface area contributed by atoms with Gasteiger partial charge in [0.1, 0.15) is 5.75 Å². The third-order valence-electron chi connectivity index (χ3n) is 4.42. The number of carbonyl (C=O) groups excluding carboxylic acids is 1. The van der Waals surface area contributed by atoms with E-state index in [1.807, 2.05) is 38.1 Å². The van der Waals surface area contributed by atoms with Crippen LogP contribution in [0.5, 0.6) is 5.75 Å². The monoisotopic (exact) mass is 534 g/mol. The van der Waals surface area contributed by atoms with Gasteiger partial charge in [-0.15, -0.1) is 24.0 Å². The molecule has 0 bridgehead atoms. The van der Waals surface area contributed by atoms with Gasteiger partial charge >= 0.3 is 0 Å². The molecule has 0 radical (unpaired) electrons. The molecule has 0 aliphatic heterocycles. The Bertz CT molecular complexity index is 635. The summed E-state index contributed by atoms with van der Waals surface area (Å²) in [5, 5.41) is 20.0. The van der Waals surface area contributed by atoms with Crippen LogP contribution in [0.3, 0.4) is 0 Å². The van der Waals surface area contributed by atoms with Crippen LogP contribution in [0.4, 0.5) is 0 Å². The van der Waals surface area contributed by atoms with Gasteiger partial charge in [-0.3, -0.25) is 4.79 Å². The number of amides is 1. The Labute approximate surface area is 198 Å². The molecule has 0 aliphatic rings. The molecule has 4 N–H and O–H groups in total. The summed E-state index contributed by atoms with van der Waals surface area (Å²) in [5.41, 5.74) is 0.264. The smallest absolute Gasteiger partial charge is 0.257 e. The summed E-state index contributed by atoms with van der Waals surface area (Å²) >= 11 is 0. The highest BCUT2D eigenvalue weighted by Gasteiger charge is 2.24. The van der Waals surface area contributed by atoms with Gasteiger partial charge in [0.2, 0.25) is 0 Å². The molecular weight excluding hydrogens is 495 g/mol. The molecule has 1 aromatic carbocycles. The summed E-state index contributed by atoms with van der Waals surface area (Å²) in [4.78, 5) is 16.2. The zero-order valence-corrected chi connectivity index (χ0v) is 21.1. The van der Waals surface area contributed by atoms with E-state index in [9.17, 15) is 9.90 Å². The van der Waals surface area contributed by atoms with Gasteiger partial charge < -0.3 is 25.8 Å². The minimum Gasteiger partial charge on any atom is -0.484 e. The molecule has 1 rings (SSSR count). The van der Waals surface area contributed by atoms with Gasteiger partial charge in [-0.05, 0) is 44.4 Å². The van der Waals surface area contributed by atoms with Crippen LogP contribution < -0.4 is 20.7 Å². The van der Waals surface area contributed by atoms with Crippen LogP contribution >= 0.6 is 24.0 Å². The van der Waals surface area contributed by atoms with Crippen LogP contribution in [0.15, 0.2) is 29.3 Å². The van der Waals surface area contributed by atoms with E-state index in [0.29, 0.717) is 31.3 Å². The number of aliphatic hydroxyl groups is 1. The molecule has 0 fully saturated rings. The molecule has 0 heterocycles. The second-order valence-corrected chi connectivity index (χ2v) is 7.16. The highest BCUT2D eigenvalue weighted by Crippen LogP contribution is 2.18. The predicted octanol–water partition coefficient (Wildman–Crippen LogP) is 3.21. The lowest BCUT2D eigenvalue weighted by Gasteiger charge is -2.28. The SMILES string of the molecule is CCCC(O)(CCC)CNC(=NCc1cccc(OCC(=O)NCC)c1)NCC.I. The molecule has 0 unspecified atom stereocenters. The first-order valence-electron chi connectivity index (χ1n) is 10.7. The van der Waals surface area contributed by atoms with Crippen molar-refractivity contribution in [3.8, 4) is 5.75 Å². The molecule has 30 heavy (non-hydrogen) atoms. The topological polar surface area (TPSA) is 95.0 Å². The Morgan fingerprint density at radius 1 is 1.07 bits per heavy atom. The van der Waals surface area contributed by atoms with Gasteiger partial charge in [0.25, 0.3) is 5.91 Å². The Morgan fingerprint density at radius 3 is 2.33 bits per heavy atom. The van der Waals surface area contributed by atoms with Crippen molar-refractivity contribution in [2.75, 3.05) is 26.2 Å². The van der Waals surface area contributed by atoms with Crippen LogP contribution in [0.1, 0.15) is 58.9 Å². The third-order valence-corrected chi connectivity index (χ3v) is 4.42. The second kappa shape index (κ2) is 16.2. The van der Waals surface area contributed by atoms with E-state index in [0.717, 1.165) is 37.8 Å². The van der Waals surface area contributed by atoms with Gasteiger partial charge in [0.15, 0.2) is 12.6 Å². The summed E-state index contributed by atoms with van der Waals surface area (Å²) in [5.74, 6) is 1.18. The Balaban J connectivity index is 0.00000841. The summed E-state index contributed by atoms with van der Waals surface area (Å²) < 4.78 is 5.54. The van der Waals surface area contributed by atoms with Crippen molar-refractivity contribution in [3.05, 3.63) is 29.8 Å². The Kier molecular flexibility index (Phi) is 15.3. The lowest BCUT2D eigenvalue weighted by molar-refractivity contribution is -0.122. The molecule has 0 spiro atoms. The number of hydrogen-bond donors (Lipinski definition) is 4. The van der Waals surface area contributed by atoms with E-state index in [-0.39, 0.29) is 36.5 Å². The summed E-state index contributed by atoms with van der Waals surface area (Å²) in [6.07, 6.45) is 3.40. The average molecular weight is 534 g/mol. The van der Waals surface area contributed by atoms with Crippen molar-refractivity contribution in [1.82, 2.24) is 16.0 Å². The van der Waals surface area contributed by atoms with Gasteiger partial charge in [0.05, 0.1) is 12.1 Å². The molecule has 0 aromatic heterocycles. The van der Waals surface area contributed by atoms with E-state index < -0.39 is 5.60 Å². The minimum atomic E-state index is -0.716. The first-order chi connectivity index (χ1) is 14.0. The largest absolute Gasteiger partial charge is 0.484 e. The second-order valence-electron chi connectivity index (χ2n) is 7.16. The van der Waals surface area contributed by atoms with E-state index in [4.69, 9.17) is 4.74 Å². The van der Waals surface area contributed by atoms with Crippen molar-refractivity contribution in [1.29, 1.82) is 0 Å². The third kappa shape index (κ3) is 11.6. The number of hydrogen-bond acceptors (Lipinski definition) is 4. The Hall–Kier alpha value is -1.55. The fraction of sp³-hybridized carbons (Fsp3) is 0.636. The summed E-state index contributed by atoms with van der Waals surface area (Å²) in [7, 11) is 0. The molecule has 7 nitrogen and oxygen atoms in total. The molecule has 1 aromatic rings. The van der Waals surface area contributed by atoms with Gasteiger partial charge in [0, 0.05) is 19.6 Å². The number of aliphatic imine (C=N–C) groups is 1. The van der Waals surface area contributed by atoms with Gasteiger partial charge in [-0.25, -0.2) is 4.99 Å². The maximum absolute atomic E-state index is 11.5. The molecular formula is C22H39IN4O3. The molecule has 1 amide bonds. The fourth-order valence-corrected chi connectivity index (χ4v) is 3.12. The normalized spacial score (nSPS) is 11.4. The fourth-order valence-electron chi connectivity index (χ4n) is 3.12. The molecule has 172 valence electrons. The average Bonchev–Trinajstić information content (AvgIpc) is 2.69. The van der Waals surface area contributed by atoms with Crippen LogP contribution in [0, 0.1) is 0 Å². The van der Waals surface area contributed by atoms with Crippen molar-refractivity contribution >= 4 is 35.8 Å². The molecule has 0 saturated heterocycles. The molecule has 8 heteroatoms. The first kappa shape index (κ1) is 28.5. The van der Waals surface area contributed by atoms with E-state index >= 15 is 0 Å². The quantitative estimate of drug-likeness (QED) is 0.177. The zero-order chi connectivity index (χ0) is 21.5. The van der Waals surface area contributed by atoms with Crippen molar-refractivity contribution in [2.45, 2.75) is 65.5 Å². The Morgan fingerprint density at radius 2 is 1.73 bits per heavy atom. The minimum absolute atomic E-state index is 0. The number of carbonyl (C=O) groups is 1. The highest BCUT2D eigenvalue weighted by atomic mass is 127. The van der Waals surface area contributed by atoms with Crippen LogP contribution in [0.2, 0.25) is 0 Å². The number of nitrogens with zero attached hydrogens (tertiary/aromatic N) is 1. The number of guanidine groups is 1. The van der Waals surface area contributed by atoms with Crippen LogP contribution in [-0.4, -0.2) is 48.8 Å². The lowest BCUT2D eigenvalue weighted by Crippen LogP contribution is -2.47. The van der Waals surface area contributed by atoms with Crippen molar-refractivity contribution in [2.24, 2.45) is 4.99 Å². The van der Waals surface area contributed by atoms with Crippen LogP contribution in [0.25, 0.3) is 0 Å². The number of benzene rings is 1. The number of nitrogens with one attached hydrogen (secondary N) is 3. The van der Waals surface area contributed by atoms with Gasteiger partial charge in [-0.1, -0.05) is 38.8 Å². The standard InChI is InChI=1S/C22H38N4O3.HI/c1-5-12-22(28,13-6-2)17-26-21(24-8-4)25-15-18-10-9-11-19(14-18)29-16-20(27)23-7-3;/h9-11,14,28H,5-8,12-13,15-17H2,1-4H3,(H,23,27)(H2,24,25,26);1H. The van der Waals surface area contributed by atoms with Gasteiger partial charge in [-0.2, -0.15) is 0 Å². The van der Waals surface area contributed by atoms with Crippen molar-refractivity contribution < 1.29 is 14.6 Å². The first-order valence-corrected chi connectivity index (χ1v) is 10.7. The maximum atomic E-state index is 11.5. The summed E-state index contributed by atoms with van der Waals surface area (Å²) in [6.45, 7) is 10.3. The van der Waals surface area contributed by atoms with E-state index in [2.05, 4.69) is 34.8 Å². The van der Waals surface area contributed by atoms with E-state index in [1.165, 1.54) is 0 Å².